The zero-order valence-corrected chi connectivity index (χ0v) is 23.4. The molecular weight excluding hydrogens is 534 g/mol. The topological polar surface area (TPSA) is 57.6 Å². The summed E-state index contributed by atoms with van der Waals surface area (Å²) in [4.78, 5) is 27.3. The molecule has 1 saturated heterocycles. The number of carbonyl (C=O) groups is 2. The molecule has 2 aromatic carbocycles. The van der Waals surface area contributed by atoms with E-state index in [9.17, 15) is 32.3 Å². The fourth-order valence-electron chi connectivity index (χ4n) is 7.80. The Balaban J connectivity index is 1.33. The van der Waals surface area contributed by atoms with E-state index in [0.29, 0.717) is 70.8 Å². The summed E-state index contributed by atoms with van der Waals surface area (Å²) in [6.07, 6.45) is 1.90. The number of carboxylic acid groups (broad SMARTS) is 1. The summed E-state index contributed by atoms with van der Waals surface area (Å²) in [7, 11) is 0. The van der Waals surface area contributed by atoms with Crippen LogP contribution in [0.1, 0.15) is 92.0 Å². The van der Waals surface area contributed by atoms with E-state index in [4.69, 9.17) is 0 Å². The highest BCUT2D eigenvalue weighted by Gasteiger charge is 2.56. The SMILES string of the molecule is CC(F)(c1ccc2c(c1)CCC1N(C(=O)C3CCC(C(=O)O)CC3)CCC21Cc1ccc(C2CC2)cc1)C(F)(F)F. The average Bonchev–Trinajstić information content (AvgIpc) is 3.73. The van der Waals surface area contributed by atoms with Crippen molar-refractivity contribution in [3.05, 3.63) is 70.3 Å². The van der Waals surface area contributed by atoms with Crippen LogP contribution in [0.3, 0.4) is 0 Å². The second-order valence-electron chi connectivity index (χ2n) is 12.9. The fourth-order valence-corrected chi connectivity index (χ4v) is 7.80. The monoisotopic (exact) mass is 571 g/mol. The summed E-state index contributed by atoms with van der Waals surface area (Å²) in [5.41, 5.74) is -0.204. The largest absolute Gasteiger partial charge is 0.481 e. The lowest BCUT2D eigenvalue weighted by Gasteiger charge is -2.45. The Labute approximate surface area is 238 Å². The summed E-state index contributed by atoms with van der Waals surface area (Å²) in [5, 5.41) is 9.38. The van der Waals surface area contributed by atoms with Gasteiger partial charge in [-0.2, -0.15) is 13.2 Å². The molecule has 3 atom stereocenters. The first-order chi connectivity index (χ1) is 19.4. The quantitative estimate of drug-likeness (QED) is 0.372. The van der Waals surface area contributed by atoms with Crippen LogP contribution < -0.4 is 0 Å². The number of hydrogen-bond donors (Lipinski definition) is 1. The van der Waals surface area contributed by atoms with Crippen molar-refractivity contribution >= 4 is 11.9 Å². The minimum atomic E-state index is -5.02. The van der Waals surface area contributed by atoms with Gasteiger partial charge in [-0.1, -0.05) is 42.5 Å². The van der Waals surface area contributed by atoms with Crippen LogP contribution in [0.2, 0.25) is 0 Å². The number of carbonyl (C=O) groups excluding carboxylic acids is 1. The Hall–Kier alpha value is -2.90. The van der Waals surface area contributed by atoms with Crippen molar-refractivity contribution in [1.82, 2.24) is 4.90 Å². The van der Waals surface area contributed by atoms with Gasteiger partial charge < -0.3 is 10.0 Å². The van der Waals surface area contributed by atoms with Crippen LogP contribution >= 0.6 is 0 Å². The third-order valence-electron chi connectivity index (χ3n) is 10.5. The molecular formula is C33H37F4NO3. The number of hydrogen-bond acceptors (Lipinski definition) is 2. The van der Waals surface area contributed by atoms with Crippen molar-refractivity contribution in [3.63, 3.8) is 0 Å². The van der Waals surface area contributed by atoms with Crippen molar-refractivity contribution < 1.29 is 32.3 Å². The number of benzene rings is 2. The summed E-state index contributed by atoms with van der Waals surface area (Å²) in [5.74, 6) is -0.713. The van der Waals surface area contributed by atoms with Gasteiger partial charge in [-0.05, 0) is 105 Å². The van der Waals surface area contributed by atoms with E-state index in [2.05, 4.69) is 24.3 Å². The van der Waals surface area contributed by atoms with Crippen molar-refractivity contribution in [1.29, 1.82) is 0 Å². The molecule has 1 N–H and O–H groups in total. The Bertz CT molecular complexity index is 1320. The van der Waals surface area contributed by atoms with E-state index in [0.717, 1.165) is 16.7 Å². The van der Waals surface area contributed by atoms with Crippen LogP contribution in [0.5, 0.6) is 0 Å². The number of halogens is 4. The molecule has 1 heterocycles. The van der Waals surface area contributed by atoms with Gasteiger partial charge >= 0.3 is 12.1 Å². The van der Waals surface area contributed by atoms with Crippen molar-refractivity contribution in [2.75, 3.05) is 6.54 Å². The van der Waals surface area contributed by atoms with Crippen molar-refractivity contribution in [3.8, 4) is 0 Å². The Morgan fingerprint density at radius 2 is 1.59 bits per heavy atom. The summed E-state index contributed by atoms with van der Waals surface area (Å²) in [6.45, 7) is 1.12. The number of aliphatic carboxylic acids is 1. The fraction of sp³-hybridized carbons (Fsp3) is 0.576. The summed E-state index contributed by atoms with van der Waals surface area (Å²) >= 11 is 0. The standard InChI is InChI=1S/C33H37F4NO3/c1-31(34,33(35,36)37)26-13-14-27-25(18-26)12-15-28-32(27,19-20-2-4-21(5-3-20)22-6-7-22)16-17-38(28)29(39)23-8-10-24(11-9-23)30(40)41/h2-5,13-14,18,22-24,28H,6-12,15-17,19H2,1H3,(H,40,41). The lowest BCUT2D eigenvalue weighted by atomic mass is 9.63. The normalized spacial score (nSPS) is 29.4. The van der Waals surface area contributed by atoms with Gasteiger partial charge in [-0.25, -0.2) is 4.39 Å². The van der Waals surface area contributed by atoms with Crippen LogP contribution in [-0.4, -0.2) is 40.6 Å². The van der Waals surface area contributed by atoms with Crippen LogP contribution in [0, 0.1) is 11.8 Å². The number of alkyl halides is 4. The van der Waals surface area contributed by atoms with Crippen LogP contribution in [0.25, 0.3) is 0 Å². The number of fused-ring (bicyclic) bond motifs is 3. The molecule has 41 heavy (non-hydrogen) atoms. The van der Waals surface area contributed by atoms with E-state index in [1.807, 2.05) is 4.90 Å². The highest BCUT2D eigenvalue weighted by atomic mass is 19.4. The Kier molecular flexibility index (Phi) is 6.97. The highest BCUT2D eigenvalue weighted by Crippen LogP contribution is 2.52. The first-order valence-corrected chi connectivity index (χ1v) is 14.9. The van der Waals surface area contributed by atoms with E-state index in [-0.39, 0.29) is 23.4 Å². The molecule has 0 spiro atoms. The molecule has 3 aliphatic carbocycles. The Morgan fingerprint density at radius 3 is 2.20 bits per heavy atom. The van der Waals surface area contributed by atoms with Gasteiger partial charge in [-0.15, -0.1) is 0 Å². The van der Waals surface area contributed by atoms with Gasteiger partial charge in [0.05, 0.1) is 5.92 Å². The number of amides is 1. The van der Waals surface area contributed by atoms with E-state index in [1.54, 1.807) is 6.07 Å². The van der Waals surface area contributed by atoms with E-state index < -0.39 is 29.1 Å². The molecule has 6 rings (SSSR count). The number of nitrogens with zero attached hydrogens (tertiary/aromatic N) is 1. The maximum Gasteiger partial charge on any atom is 0.426 e. The molecule has 0 radical (unpaired) electrons. The maximum absolute atomic E-state index is 15.0. The highest BCUT2D eigenvalue weighted by molar-refractivity contribution is 5.80. The van der Waals surface area contributed by atoms with Gasteiger partial charge in [0.2, 0.25) is 11.6 Å². The third kappa shape index (κ3) is 4.95. The minimum Gasteiger partial charge on any atom is -0.481 e. The number of likely N-dealkylation sites (tertiary alicyclic amines) is 1. The predicted molar refractivity (Wildman–Crippen MR) is 146 cm³/mol. The third-order valence-corrected chi connectivity index (χ3v) is 10.5. The first kappa shape index (κ1) is 28.2. The van der Waals surface area contributed by atoms with Gasteiger partial charge in [0.25, 0.3) is 0 Å². The van der Waals surface area contributed by atoms with E-state index in [1.165, 1.54) is 30.5 Å². The van der Waals surface area contributed by atoms with Crippen molar-refractivity contribution in [2.24, 2.45) is 11.8 Å². The molecule has 4 aliphatic rings. The number of rotatable bonds is 6. The summed E-state index contributed by atoms with van der Waals surface area (Å²) < 4.78 is 55.6. The minimum absolute atomic E-state index is 0.0678. The molecule has 8 heteroatoms. The smallest absolute Gasteiger partial charge is 0.426 e. The molecule has 0 aromatic heterocycles. The van der Waals surface area contributed by atoms with Gasteiger partial charge in [0.15, 0.2) is 0 Å². The van der Waals surface area contributed by atoms with Gasteiger partial charge in [0.1, 0.15) is 0 Å². The zero-order valence-electron chi connectivity index (χ0n) is 23.4. The summed E-state index contributed by atoms with van der Waals surface area (Å²) in [6, 6.07) is 12.9. The maximum atomic E-state index is 15.0. The molecule has 220 valence electrons. The lowest BCUT2D eigenvalue weighted by molar-refractivity contribution is -0.228. The molecule has 3 fully saturated rings. The molecule has 1 amide bonds. The van der Waals surface area contributed by atoms with Crippen molar-refractivity contribution in [2.45, 2.75) is 100 Å². The number of carboxylic acids is 1. The molecule has 2 saturated carbocycles. The molecule has 4 nitrogen and oxygen atoms in total. The lowest BCUT2D eigenvalue weighted by Crippen LogP contribution is -2.51. The van der Waals surface area contributed by atoms with Crippen LogP contribution in [0.15, 0.2) is 42.5 Å². The zero-order chi connectivity index (χ0) is 29.2. The predicted octanol–water partition coefficient (Wildman–Crippen LogP) is 7.23. The van der Waals surface area contributed by atoms with Gasteiger partial charge in [0, 0.05) is 23.9 Å². The molecule has 3 unspecified atom stereocenters. The molecule has 0 bridgehead atoms. The van der Waals surface area contributed by atoms with Crippen LogP contribution in [0.4, 0.5) is 17.6 Å². The number of aryl methyl sites for hydroxylation is 1. The van der Waals surface area contributed by atoms with Gasteiger partial charge in [-0.3, -0.25) is 9.59 Å². The second kappa shape index (κ2) is 10.1. The molecule has 1 aliphatic heterocycles. The Morgan fingerprint density at radius 1 is 0.927 bits per heavy atom. The van der Waals surface area contributed by atoms with E-state index >= 15 is 0 Å². The second-order valence-corrected chi connectivity index (χ2v) is 12.9. The molecule has 2 aromatic rings. The van der Waals surface area contributed by atoms with Crippen LogP contribution in [-0.2, 0) is 33.5 Å². The first-order valence-electron chi connectivity index (χ1n) is 14.9. The average molecular weight is 572 g/mol.